The second-order valence-electron chi connectivity index (χ2n) is 3.44. The molecule has 0 bridgehead atoms. The van der Waals surface area contributed by atoms with Crippen LogP contribution in [0.15, 0.2) is 5.38 Å². The van der Waals surface area contributed by atoms with Crippen molar-refractivity contribution in [2.24, 2.45) is 0 Å². The molecule has 0 aliphatic carbocycles. The summed E-state index contributed by atoms with van der Waals surface area (Å²) >= 11 is 2.93. The van der Waals surface area contributed by atoms with E-state index in [0.29, 0.717) is 16.6 Å². The molecule has 0 aliphatic rings. The van der Waals surface area contributed by atoms with Crippen LogP contribution in [0.1, 0.15) is 26.1 Å². The lowest BCUT2D eigenvalue weighted by molar-refractivity contribution is 0.0690. The van der Waals surface area contributed by atoms with Gasteiger partial charge in [-0.25, -0.2) is 14.8 Å². The largest absolute Gasteiger partial charge is 0.476 e. The van der Waals surface area contributed by atoms with Gasteiger partial charge >= 0.3 is 5.97 Å². The molecule has 0 fully saturated rings. The van der Waals surface area contributed by atoms with Gasteiger partial charge in [0, 0.05) is 10.3 Å². The second kappa shape index (κ2) is 4.80. The molecule has 90 valence electrons. The summed E-state index contributed by atoms with van der Waals surface area (Å²) in [4.78, 5) is 19.8. The van der Waals surface area contributed by atoms with Crippen molar-refractivity contribution < 1.29 is 9.90 Å². The van der Waals surface area contributed by atoms with Crippen LogP contribution in [0.3, 0.4) is 0 Å². The molecule has 2 aromatic rings. The Bertz CT molecular complexity index is 547. The highest BCUT2D eigenvalue weighted by molar-refractivity contribution is 7.15. The molecule has 2 aromatic heterocycles. The number of nitrogens with zero attached hydrogens (tertiary/aromatic N) is 2. The number of carboxylic acid groups (broad SMARTS) is 1. The van der Waals surface area contributed by atoms with Gasteiger partial charge in [-0.3, -0.25) is 0 Å². The summed E-state index contributed by atoms with van der Waals surface area (Å²) in [7, 11) is 0. The fourth-order valence-electron chi connectivity index (χ4n) is 1.33. The number of nitrogens with one attached hydrogen (secondary N) is 1. The van der Waals surface area contributed by atoms with Gasteiger partial charge in [-0.15, -0.1) is 22.7 Å². The number of hydrogen-bond acceptors (Lipinski definition) is 6. The van der Waals surface area contributed by atoms with Crippen molar-refractivity contribution in [2.75, 3.05) is 5.32 Å². The first kappa shape index (κ1) is 12.0. The third kappa shape index (κ3) is 2.80. The molecule has 7 heteroatoms. The van der Waals surface area contributed by atoms with E-state index in [1.54, 1.807) is 18.3 Å². The van der Waals surface area contributed by atoms with Gasteiger partial charge in [0.25, 0.3) is 0 Å². The number of thiazole rings is 2. The minimum atomic E-state index is -0.990. The fourth-order valence-corrected chi connectivity index (χ4v) is 2.74. The topological polar surface area (TPSA) is 75.1 Å². The van der Waals surface area contributed by atoms with Crippen LogP contribution in [0, 0.1) is 13.8 Å². The predicted molar refractivity (Wildman–Crippen MR) is 68.0 cm³/mol. The van der Waals surface area contributed by atoms with E-state index < -0.39 is 5.97 Å². The quantitative estimate of drug-likeness (QED) is 0.892. The van der Waals surface area contributed by atoms with Gasteiger partial charge in [0.1, 0.15) is 0 Å². The Balaban J connectivity index is 2.04. The van der Waals surface area contributed by atoms with E-state index in [4.69, 9.17) is 5.11 Å². The van der Waals surface area contributed by atoms with Gasteiger partial charge < -0.3 is 10.4 Å². The number of rotatable bonds is 4. The standard InChI is InChI=1S/C10H11N3O2S2/c1-5-8(9(14)15)13-10(17-5)11-3-7-4-16-6(2)12-7/h4H,3H2,1-2H3,(H,11,13)(H,14,15). The Kier molecular flexibility index (Phi) is 3.39. The zero-order chi connectivity index (χ0) is 12.4. The van der Waals surface area contributed by atoms with Crippen molar-refractivity contribution in [3.05, 3.63) is 26.7 Å². The Hall–Kier alpha value is -1.47. The van der Waals surface area contributed by atoms with E-state index >= 15 is 0 Å². The lowest BCUT2D eigenvalue weighted by Gasteiger charge is -1.97. The summed E-state index contributed by atoms with van der Waals surface area (Å²) in [6.45, 7) is 4.26. The van der Waals surface area contributed by atoms with Crippen LogP contribution in [-0.4, -0.2) is 21.0 Å². The average molecular weight is 269 g/mol. The molecule has 2 heterocycles. The van der Waals surface area contributed by atoms with E-state index in [0.717, 1.165) is 10.7 Å². The van der Waals surface area contributed by atoms with Crippen LogP contribution >= 0.6 is 22.7 Å². The van der Waals surface area contributed by atoms with Gasteiger partial charge in [-0.05, 0) is 13.8 Å². The zero-order valence-corrected chi connectivity index (χ0v) is 11.0. The Labute approximate surface area is 106 Å². The molecule has 0 unspecified atom stereocenters. The highest BCUT2D eigenvalue weighted by atomic mass is 32.1. The van der Waals surface area contributed by atoms with E-state index in [9.17, 15) is 4.79 Å². The first-order chi connectivity index (χ1) is 8.06. The summed E-state index contributed by atoms with van der Waals surface area (Å²) in [5, 5.41) is 15.6. The number of aryl methyl sites for hydroxylation is 2. The van der Waals surface area contributed by atoms with E-state index in [2.05, 4.69) is 15.3 Å². The zero-order valence-electron chi connectivity index (χ0n) is 9.35. The number of carbonyl (C=O) groups is 1. The fraction of sp³-hybridized carbons (Fsp3) is 0.300. The minimum Gasteiger partial charge on any atom is -0.476 e. The van der Waals surface area contributed by atoms with E-state index in [1.807, 2.05) is 12.3 Å². The van der Waals surface area contributed by atoms with Crippen molar-refractivity contribution in [1.82, 2.24) is 9.97 Å². The molecule has 0 radical (unpaired) electrons. The van der Waals surface area contributed by atoms with E-state index in [-0.39, 0.29) is 5.69 Å². The van der Waals surface area contributed by atoms with Crippen LogP contribution in [0.2, 0.25) is 0 Å². The summed E-state index contributed by atoms with van der Waals surface area (Å²) in [5.41, 5.74) is 1.06. The van der Waals surface area contributed by atoms with Crippen LogP contribution in [0.25, 0.3) is 0 Å². The van der Waals surface area contributed by atoms with Crippen molar-refractivity contribution in [2.45, 2.75) is 20.4 Å². The normalized spacial score (nSPS) is 10.5. The van der Waals surface area contributed by atoms with Crippen LogP contribution < -0.4 is 5.32 Å². The highest BCUT2D eigenvalue weighted by Gasteiger charge is 2.13. The smallest absolute Gasteiger partial charge is 0.355 e. The molecular weight excluding hydrogens is 258 g/mol. The molecule has 0 saturated carbocycles. The van der Waals surface area contributed by atoms with Crippen molar-refractivity contribution in [3.63, 3.8) is 0 Å². The number of carboxylic acids is 1. The first-order valence-corrected chi connectivity index (χ1v) is 6.61. The molecule has 0 amide bonds. The third-order valence-electron chi connectivity index (χ3n) is 2.09. The van der Waals surface area contributed by atoms with Crippen LogP contribution in [0.4, 0.5) is 5.13 Å². The lowest BCUT2D eigenvalue weighted by atomic mass is 10.4. The molecule has 0 atom stereocenters. The first-order valence-electron chi connectivity index (χ1n) is 4.92. The van der Waals surface area contributed by atoms with Gasteiger partial charge in [-0.1, -0.05) is 0 Å². The maximum Gasteiger partial charge on any atom is 0.355 e. The van der Waals surface area contributed by atoms with Gasteiger partial charge in [0.15, 0.2) is 10.8 Å². The minimum absolute atomic E-state index is 0.118. The maximum absolute atomic E-state index is 10.8. The molecule has 0 aliphatic heterocycles. The summed E-state index contributed by atoms with van der Waals surface area (Å²) < 4.78 is 0. The molecule has 0 saturated heterocycles. The highest BCUT2D eigenvalue weighted by Crippen LogP contribution is 2.22. The molecule has 2 N–H and O–H groups in total. The van der Waals surface area contributed by atoms with Crippen LogP contribution in [0.5, 0.6) is 0 Å². The number of anilines is 1. The van der Waals surface area contributed by atoms with Gasteiger partial charge in [0.05, 0.1) is 17.2 Å². The Morgan fingerprint density at radius 3 is 2.76 bits per heavy atom. The molecule has 17 heavy (non-hydrogen) atoms. The summed E-state index contributed by atoms with van der Waals surface area (Å²) in [6, 6.07) is 0. The Morgan fingerprint density at radius 1 is 1.47 bits per heavy atom. The van der Waals surface area contributed by atoms with Crippen LogP contribution in [-0.2, 0) is 6.54 Å². The Morgan fingerprint density at radius 2 is 2.24 bits per heavy atom. The number of aromatic nitrogens is 2. The lowest BCUT2D eigenvalue weighted by Crippen LogP contribution is -2.02. The summed E-state index contributed by atoms with van der Waals surface area (Å²) in [6.07, 6.45) is 0. The third-order valence-corrected chi connectivity index (χ3v) is 3.84. The van der Waals surface area contributed by atoms with Crippen molar-refractivity contribution in [3.8, 4) is 0 Å². The monoisotopic (exact) mass is 269 g/mol. The molecular formula is C10H11N3O2S2. The van der Waals surface area contributed by atoms with Gasteiger partial charge in [0.2, 0.25) is 0 Å². The molecule has 0 aromatic carbocycles. The molecule has 0 spiro atoms. The van der Waals surface area contributed by atoms with E-state index in [1.165, 1.54) is 11.3 Å². The molecule has 5 nitrogen and oxygen atoms in total. The second-order valence-corrected chi connectivity index (χ2v) is 5.71. The maximum atomic E-state index is 10.8. The summed E-state index contributed by atoms with van der Waals surface area (Å²) in [5.74, 6) is -0.990. The average Bonchev–Trinajstić information content (AvgIpc) is 2.82. The van der Waals surface area contributed by atoms with Crippen molar-refractivity contribution >= 4 is 33.8 Å². The SMILES string of the molecule is Cc1nc(CNc2nc(C(=O)O)c(C)s2)cs1. The number of hydrogen-bond donors (Lipinski definition) is 2. The number of aromatic carboxylic acids is 1. The molecule has 2 rings (SSSR count). The van der Waals surface area contributed by atoms with Gasteiger partial charge in [-0.2, -0.15) is 0 Å². The predicted octanol–water partition coefficient (Wildman–Crippen LogP) is 2.53. The van der Waals surface area contributed by atoms with Crippen molar-refractivity contribution in [1.29, 1.82) is 0 Å².